The van der Waals surface area contributed by atoms with E-state index in [9.17, 15) is 9.59 Å². The third kappa shape index (κ3) is 6.10. The van der Waals surface area contributed by atoms with Gasteiger partial charge in [0.15, 0.2) is 0 Å². The molecule has 28 heavy (non-hydrogen) atoms. The van der Waals surface area contributed by atoms with E-state index in [1.165, 1.54) is 5.56 Å². The number of carbonyl (C=O) groups is 2. The molecule has 2 aromatic carbocycles. The SMILES string of the molecule is CCNC(=O)[C@@H](CC)N(Cc1ccccc1Cl)C(=O)CCc1ccc(C)cc1. The van der Waals surface area contributed by atoms with Gasteiger partial charge in [0.25, 0.3) is 0 Å². The Labute approximate surface area is 172 Å². The van der Waals surface area contributed by atoms with E-state index in [0.717, 1.165) is 11.1 Å². The number of nitrogens with one attached hydrogen (secondary N) is 1. The highest BCUT2D eigenvalue weighted by Gasteiger charge is 2.28. The van der Waals surface area contributed by atoms with Gasteiger partial charge in [-0.1, -0.05) is 66.6 Å². The molecule has 4 nitrogen and oxygen atoms in total. The molecule has 0 aromatic heterocycles. The molecule has 2 aromatic rings. The lowest BCUT2D eigenvalue weighted by molar-refractivity contribution is -0.141. The maximum atomic E-state index is 13.1. The first-order valence-electron chi connectivity index (χ1n) is 9.82. The van der Waals surface area contributed by atoms with E-state index in [-0.39, 0.29) is 11.8 Å². The Kier molecular flexibility index (Phi) is 8.52. The van der Waals surface area contributed by atoms with Gasteiger partial charge in [-0.05, 0) is 43.9 Å². The predicted octanol–water partition coefficient (Wildman–Crippen LogP) is 4.52. The van der Waals surface area contributed by atoms with E-state index < -0.39 is 6.04 Å². The summed E-state index contributed by atoms with van der Waals surface area (Å²) in [4.78, 5) is 27.3. The van der Waals surface area contributed by atoms with Crippen LogP contribution in [0.3, 0.4) is 0 Å². The molecule has 2 rings (SSSR count). The second-order valence-electron chi connectivity index (χ2n) is 6.92. The molecule has 0 aliphatic heterocycles. The fraction of sp³-hybridized carbons (Fsp3) is 0.391. The van der Waals surface area contributed by atoms with Crippen LogP contribution in [-0.4, -0.2) is 29.3 Å². The van der Waals surface area contributed by atoms with Crippen LogP contribution in [0.2, 0.25) is 5.02 Å². The Hall–Kier alpha value is -2.33. The number of likely N-dealkylation sites (N-methyl/N-ethyl adjacent to an activating group) is 1. The van der Waals surface area contributed by atoms with Gasteiger partial charge in [-0.2, -0.15) is 0 Å². The summed E-state index contributed by atoms with van der Waals surface area (Å²) in [6.45, 7) is 6.70. The zero-order valence-electron chi connectivity index (χ0n) is 16.9. The van der Waals surface area contributed by atoms with Gasteiger partial charge in [-0.15, -0.1) is 0 Å². The van der Waals surface area contributed by atoms with Gasteiger partial charge in [0.05, 0.1) is 0 Å². The molecule has 2 amide bonds. The third-order valence-electron chi connectivity index (χ3n) is 4.78. The summed E-state index contributed by atoms with van der Waals surface area (Å²) >= 11 is 6.31. The van der Waals surface area contributed by atoms with E-state index in [2.05, 4.69) is 5.32 Å². The second kappa shape index (κ2) is 10.9. The van der Waals surface area contributed by atoms with Gasteiger partial charge >= 0.3 is 0 Å². The van der Waals surface area contributed by atoms with Crippen molar-refractivity contribution in [3.8, 4) is 0 Å². The lowest BCUT2D eigenvalue weighted by atomic mass is 10.1. The Morgan fingerprint density at radius 3 is 2.36 bits per heavy atom. The van der Waals surface area contributed by atoms with Crippen LogP contribution in [0.1, 0.15) is 43.4 Å². The molecule has 0 saturated heterocycles. The molecule has 0 radical (unpaired) electrons. The van der Waals surface area contributed by atoms with Gasteiger partial charge in [0.2, 0.25) is 11.8 Å². The molecular weight excluding hydrogens is 372 g/mol. The average molecular weight is 401 g/mol. The quantitative estimate of drug-likeness (QED) is 0.672. The van der Waals surface area contributed by atoms with Crippen LogP contribution in [0, 0.1) is 6.92 Å². The van der Waals surface area contributed by atoms with Crippen molar-refractivity contribution in [2.45, 2.75) is 52.6 Å². The normalized spacial score (nSPS) is 11.7. The highest BCUT2D eigenvalue weighted by Crippen LogP contribution is 2.20. The molecule has 0 bridgehead atoms. The molecule has 0 heterocycles. The van der Waals surface area contributed by atoms with Crippen molar-refractivity contribution in [3.05, 3.63) is 70.2 Å². The van der Waals surface area contributed by atoms with E-state index in [4.69, 9.17) is 11.6 Å². The number of rotatable bonds is 9. The molecule has 0 aliphatic rings. The van der Waals surface area contributed by atoms with Gasteiger partial charge < -0.3 is 10.2 Å². The number of amides is 2. The number of nitrogens with zero attached hydrogens (tertiary/aromatic N) is 1. The maximum Gasteiger partial charge on any atom is 0.242 e. The maximum absolute atomic E-state index is 13.1. The summed E-state index contributed by atoms with van der Waals surface area (Å²) in [7, 11) is 0. The lowest BCUT2D eigenvalue weighted by Crippen LogP contribution is -2.49. The molecular formula is C23H29ClN2O2. The molecule has 1 N–H and O–H groups in total. The topological polar surface area (TPSA) is 49.4 Å². The molecule has 1 atom stereocenters. The summed E-state index contributed by atoms with van der Waals surface area (Å²) in [5.41, 5.74) is 3.15. The van der Waals surface area contributed by atoms with E-state index >= 15 is 0 Å². The standard InChI is InChI=1S/C23H29ClN2O2/c1-4-21(23(28)25-5-2)26(16-19-8-6-7-9-20(19)24)22(27)15-14-18-12-10-17(3)11-13-18/h6-13,21H,4-5,14-16H2,1-3H3,(H,25,28)/t21-/m1/s1. The van der Waals surface area contributed by atoms with Crippen molar-refractivity contribution in [1.82, 2.24) is 10.2 Å². The summed E-state index contributed by atoms with van der Waals surface area (Å²) < 4.78 is 0. The largest absolute Gasteiger partial charge is 0.355 e. The number of carbonyl (C=O) groups excluding carboxylic acids is 2. The van der Waals surface area contributed by atoms with Crippen molar-refractivity contribution >= 4 is 23.4 Å². The predicted molar refractivity (Wildman–Crippen MR) is 114 cm³/mol. The Balaban J connectivity index is 2.20. The first kappa shape index (κ1) is 22.0. The van der Waals surface area contributed by atoms with Crippen LogP contribution in [0.4, 0.5) is 0 Å². The van der Waals surface area contributed by atoms with Crippen molar-refractivity contribution in [2.75, 3.05) is 6.54 Å². The highest BCUT2D eigenvalue weighted by molar-refractivity contribution is 6.31. The minimum absolute atomic E-state index is 0.0430. The number of aryl methyl sites for hydroxylation is 2. The van der Waals surface area contributed by atoms with Gasteiger partial charge in [0.1, 0.15) is 6.04 Å². The molecule has 0 unspecified atom stereocenters. The monoisotopic (exact) mass is 400 g/mol. The van der Waals surface area contributed by atoms with Crippen molar-refractivity contribution in [1.29, 1.82) is 0 Å². The van der Waals surface area contributed by atoms with Crippen LogP contribution >= 0.6 is 11.6 Å². The van der Waals surface area contributed by atoms with Gasteiger partial charge in [-0.3, -0.25) is 9.59 Å². The van der Waals surface area contributed by atoms with E-state index in [0.29, 0.717) is 37.4 Å². The zero-order valence-corrected chi connectivity index (χ0v) is 17.6. The van der Waals surface area contributed by atoms with Crippen molar-refractivity contribution < 1.29 is 9.59 Å². The van der Waals surface area contributed by atoms with Gasteiger partial charge in [-0.25, -0.2) is 0 Å². The molecule has 0 saturated carbocycles. The summed E-state index contributed by atoms with van der Waals surface area (Å²) in [5.74, 6) is -0.167. The summed E-state index contributed by atoms with van der Waals surface area (Å²) in [6.07, 6.45) is 1.54. The van der Waals surface area contributed by atoms with Crippen LogP contribution in [-0.2, 0) is 22.6 Å². The molecule has 0 fully saturated rings. The first-order chi connectivity index (χ1) is 13.5. The fourth-order valence-corrected chi connectivity index (χ4v) is 3.37. The summed E-state index contributed by atoms with van der Waals surface area (Å²) in [6, 6.07) is 15.1. The van der Waals surface area contributed by atoms with E-state index in [1.807, 2.05) is 63.2 Å². The van der Waals surface area contributed by atoms with Crippen LogP contribution in [0.25, 0.3) is 0 Å². The minimum atomic E-state index is -0.512. The zero-order chi connectivity index (χ0) is 20.5. The molecule has 5 heteroatoms. The first-order valence-corrected chi connectivity index (χ1v) is 10.2. The molecule has 150 valence electrons. The van der Waals surface area contributed by atoms with Crippen molar-refractivity contribution in [3.63, 3.8) is 0 Å². The van der Waals surface area contributed by atoms with Crippen LogP contribution in [0.5, 0.6) is 0 Å². The Bertz CT molecular complexity index is 789. The third-order valence-corrected chi connectivity index (χ3v) is 5.15. The van der Waals surface area contributed by atoms with Crippen molar-refractivity contribution in [2.24, 2.45) is 0 Å². The van der Waals surface area contributed by atoms with Crippen LogP contribution in [0.15, 0.2) is 48.5 Å². The Morgan fingerprint density at radius 2 is 1.75 bits per heavy atom. The summed E-state index contributed by atoms with van der Waals surface area (Å²) in [5, 5.41) is 3.45. The highest BCUT2D eigenvalue weighted by atomic mass is 35.5. The minimum Gasteiger partial charge on any atom is -0.355 e. The number of benzene rings is 2. The van der Waals surface area contributed by atoms with Crippen LogP contribution < -0.4 is 5.32 Å². The number of hydrogen-bond acceptors (Lipinski definition) is 2. The lowest BCUT2D eigenvalue weighted by Gasteiger charge is -2.31. The fourth-order valence-electron chi connectivity index (χ4n) is 3.17. The van der Waals surface area contributed by atoms with Gasteiger partial charge in [0, 0.05) is 24.5 Å². The molecule has 0 aliphatic carbocycles. The smallest absolute Gasteiger partial charge is 0.242 e. The number of hydrogen-bond donors (Lipinski definition) is 1. The second-order valence-corrected chi connectivity index (χ2v) is 7.32. The average Bonchev–Trinajstić information content (AvgIpc) is 2.69. The number of halogens is 1. The van der Waals surface area contributed by atoms with E-state index in [1.54, 1.807) is 11.0 Å². The Morgan fingerprint density at radius 1 is 1.07 bits per heavy atom. The molecule has 0 spiro atoms.